The van der Waals surface area contributed by atoms with Gasteiger partial charge in [-0.25, -0.2) is 0 Å². The summed E-state index contributed by atoms with van der Waals surface area (Å²) in [6.45, 7) is 5.99. The fourth-order valence-electron chi connectivity index (χ4n) is 1.34. The predicted molar refractivity (Wildman–Crippen MR) is 65.6 cm³/mol. The van der Waals surface area contributed by atoms with Gasteiger partial charge in [-0.1, -0.05) is 19.1 Å². The second-order valence-electron chi connectivity index (χ2n) is 3.62. The quantitative estimate of drug-likeness (QED) is 0.751. The summed E-state index contributed by atoms with van der Waals surface area (Å²) < 4.78 is 11.8. The van der Waals surface area contributed by atoms with E-state index < -0.39 is 10.8 Å². The summed E-state index contributed by atoms with van der Waals surface area (Å²) in [5, 5.41) is 3.26. The van der Waals surface area contributed by atoms with Crippen molar-refractivity contribution in [2.24, 2.45) is 0 Å². The molecule has 0 radical (unpaired) electrons. The molecule has 0 aliphatic rings. The Balaban J connectivity index is 2.40. The van der Waals surface area contributed by atoms with Gasteiger partial charge in [0.1, 0.15) is 0 Å². The second kappa shape index (κ2) is 6.75. The first-order chi connectivity index (χ1) is 7.24. The summed E-state index contributed by atoms with van der Waals surface area (Å²) in [7, 11) is -0.860. The van der Waals surface area contributed by atoms with Gasteiger partial charge in [-0.2, -0.15) is 0 Å². The van der Waals surface area contributed by atoms with Crippen molar-refractivity contribution in [3.8, 4) is 0 Å². The van der Waals surface area contributed by atoms with E-state index in [2.05, 4.69) is 12.2 Å². The van der Waals surface area contributed by atoms with E-state index in [1.54, 1.807) is 0 Å². The third-order valence-electron chi connectivity index (χ3n) is 2.14. The second-order valence-corrected chi connectivity index (χ2v) is 5.19. The Morgan fingerprint density at radius 3 is 2.80 bits per heavy atom. The minimum atomic E-state index is -0.860. The number of nitrogens with one attached hydrogen (secondary N) is 1. The fraction of sp³-hybridized carbons (Fsp3) is 0.500. The van der Waals surface area contributed by atoms with Crippen LogP contribution in [-0.4, -0.2) is 23.1 Å². The Morgan fingerprint density at radius 1 is 1.33 bits per heavy atom. The van der Waals surface area contributed by atoms with Crippen molar-refractivity contribution >= 4 is 10.8 Å². The van der Waals surface area contributed by atoms with Crippen molar-refractivity contribution < 1.29 is 4.21 Å². The van der Waals surface area contributed by atoms with E-state index in [0.717, 1.165) is 24.4 Å². The molecule has 0 heterocycles. The molecule has 15 heavy (non-hydrogen) atoms. The summed E-state index contributed by atoms with van der Waals surface area (Å²) in [5.74, 6) is 0.698. The van der Waals surface area contributed by atoms with Gasteiger partial charge in [-0.15, -0.1) is 0 Å². The van der Waals surface area contributed by atoms with E-state index in [1.807, 2.05) is 31.2 Å². The maximum absolute atomic E-state index is 11.8. The summed E-state index contributed by atoms with van der Waals surface area (Å²) in [4.78, 5) is 0.938. The van der Waals surface area contributed by atoms with Crippen LogP contribution in [0, 0.1) is 6.92 Å². The molecule has 0 aromatic heterocycles. The molecule has 1 rings (SSSR count). The minimum absolute atomic E-state index is 0.698. The van der Waals surface area contributed by atoms with Gasteiger partial charge in [0.05, 0.1) is 10.8 Å². The minimum Gasteiger partial charge on any atom is -0.316 e. The van der Waals surface area contributed by atoms with Gasteiger partial charge in [0.25, 0.3) is 0 Å². The number of rotatable bonds is 6. The van der Waals surface area contributed by atoms with Gasteiger partial charge < -0.3 is 5.32 Å². The SMILES string of the molecule is CCCNCCS(=O)c1cccc(C)c1. The molecule has 0 amide bonds. The molecule has 1 aromatic rings. The van der Waals surface area contributed by atoms with Crippen LogP contribution in [0.15, 0.2) is 29.2 Å². The number of hydrogen-bond acceptors (Lipinski definition) is 2. The molecule has 84 valence electrons. The molecule has 0 saturated carbocycles. The summed E-state index contributed by atoms with van der Waals surface area (Å²) in [5.41, 5.74) is 1.17. The highest BCUT2D eigenvalue weighted by atomic mass is 32.2. The third kappa shape index (κ3) is 4.58. The van der Waals surface area contributed by atoms with Crippen LogP contribution in [0.3, 0.4) is 0 Å². The lowest BCUT2D eigenvalue weighted by Crippen LogP contribution is -2.21. The smallest absolute Gasteiger partial charge is 0.0542 e. The summed E-state index contributed by atoms with van der Waals surface area (Å²) in [6, 6.07) is 7.91. The first-order valence-corrected chi connectivity index (χ1v) is 6.71. The molecular weight excluding hydrogens is 206 g/mol. The van der Waals surface area contributed by atoms with Crippen LogP contribution in [-0.2, 0) is 10.8 Å². The average molecular weight is 225 g/mol. The normalized spacial score (nSPS) is 12.7. The average Bonchev–Trinajstić information content (AvgIpc) is 2.24. The van der Waals surface area contributed by atoms with Crippen molar-refractivity contribution in [2.45, 2.75) is 25.2 Å². The molecule has 1 unspecified atom stereocenters. The van der Waals surface area contributed by atoms with E-state index in [-0.39, 0.29) is 0 Å². The van der Waals surface area contributed by atoms with Gasteiger partial charge in [0.2, 0.25) is 0 Å². The maximum atomic E-state index is 11.8. The Kier molecular flexibility index (Phi) is 5.58. The lowest BCUT2D eigenvalue weighted by Gasteiger charge is -2.04. The van der Waals surface area contributed by atoms with Crippen molar-refractivity contribution in [1.29, 1.82) is 0 Å². The molecule has 1 N–H and O–H groups in total. The van der Waals surface area contributed by atoms with Crippen LogP contribution in [0.5, 0.6) is 0 Å². The molecule has 0 fully saturated rings. The number of benzene rings is 1. The van der Waals surface area contributed by atoms with Crippen molar-refractivity contribution in [3.05, 3.63) is 29.8 Å². The molecule has 3 heteroatoms. The topological polar surface area (TPSA) is 29.1 Å². The summed E-state index contributed by atoms with van der Waals surface area (Å²) in [6.07, 6.45) is 1.12. The van der Waals surface area contributed by atoms with Gasteiger partial charge in [0, 0.05) is 17.2 Å². The Bertz CT molecular complexity index is 325. The number of hydrogen-bond donors (Lipinski definition) is 1. The van der Waals surface area contributed by atoms with Gasteiger partial charge in [-0.05, 0) is 37.6 Å². The molecular formula is C12H19NOS. The zero-order valence-electron chi connectivity index (χ0n) is 9.45. The molecule has 0 saturated heterocycles. The molecule has 1 aromatic carbocycles. The van der Waals surface area contributed by atoms with Crippen LogP contribution >= 0.6 is 0 Å². The maximum Gasteiger partial charge on any atom is 0.0542 e. The summed E-state index contributed by atoms with van der Waals surface area (Å²) >= 11 is 0. The lowest BCUT2D eigenvalue weighted by atomic mass is 10.2. The van der Waals surface area contributed by atoms with Gasteiger partial charge >= 0.3 is 0 Å². The van der Waals surface area contributed by atoms with Crippen molar-refractivity contribution in [3.63, 3.8) is 0 Å². The fourth-order valence-corrected chi connectivity index (χ4v) is 2.45. The number of aryl methyl sites for hydroxylation is 1. The molecule has 1 atom stereocenters. The van der Waals surface area contributed by atoms with E-state index in [1.165, 1.54) is 5.56 Å². The van der Waals surface area contributed by atoms with Crippen molar-refractivity contribution in [2.75, 3.05) is 18.8 Å². The molecule has 0 spiro atoms. The highest BCUT2D eigenvalue weighted by Crippen LogP contribution is 2.08. The van der Waals surface area contributed by atoms with Crippen LogP contribution in [0.1, 0.15) is 18.9 Å². The standard InChI is InChI=1S/C12H19NOS/c1-3-7-13-8-9-15(14)12-6-4-5-11(2)10-12/h4-6,10,13H,3,7-9H2,1-2H3. The highest BCUT2D eigenvalue weighted by molar-refractivity contribution is 7.85. The van der Waals surface area contributed by atoms with Crippen LogP contribution in [0.4, 0.5) is 0 Å². The van der Waals surface area contributed by atoms with E-state index in [9.17, 15) is 4.21 Å². The van der Waals surface area contributed by atoms with E-state index in [4.69, 9.17) is 0 Å². The highest BCUT2D eigenvalue weighted by Gasteiger charge is 2.02. The first kappa shape index (κ1) is 12.4. The monoisotopic (exact) mass is 225 g/mol. The van der Waals surface area contributed by atoms with Gasteiger partial charge in [0.15, 0.2) is 0 Å². The van der Waals surface area contributed by atoms with E-state index in [0.29, 0.717) is 5.75 Å². The largest absolute Gasteiger partial charge is 0.316 e. The third-order valence-corrected chi connectivity index (χ3v) is 3.50. The molecule has 0 aliphatic carbocycles. The molecule has 0 aliphatic heterocycles. The first-order valence-electron chi connectivity index (χ1n) is 5.40. The Labute approximate surface area is 94.5 Å². The van der Waals surface area contributed by atoms with Crippen LogP contribution in [0.2, 0.25) is 0 Å². The van der Waals surface area contributed by atoms with Crippen molar-refractivity contribution in [1.82, 2.24) is 5.32 Å². The lowest BCUT2D eigenvalue weighted by molar-refractivity contribution is 0.669. The zero-order chi connectivity index (χ0) is 11.1. The Hall–Kier alpha value is -0.670. The van der Waals surface area contributed by atoms with Crippen LogP contribution < -0.4 is 5.32 Å². The van der Waals surface area contributed by atoms with Gasteiger partial charge in [-0.3, -0.25) is 4.21 Å². The predicted octanol–water partition coefficient (Wildman–Crippen LogP) is 2.10. The zero-order valence-corrected chi connectivity index (χ0v) is 10.3. The molecule has 2 nitrogen and oxygen atoms in total. The van der Waals surface area contributed by atoms with Crippen LogP contribution in [0.25, 0.3) is 0 Å². The Morgan fingerprint density at radius 2 is 2.13 bits per heavy atom. The van der Waals surface area contributed by atoms with E-state index >= 15 is 0 Å². The molecule has 0 bridgehead atoms.